The summed E-state index contributed by atoms with van der Waals surface area (Å²) >= 11 is 2.89. The van der Waals surface area contributed by atoms with Crippen molar-refractivity contribution in [1.29, 1.82) is 0 Å². The largest absolute Gasteiger partial charge is 0.434 e. The smallest absolute Gasteiger partial charge is 0.357 e. The molecule has 132 valence electrons. The van der Waals surface area contributed by atoms with E-state index >= 15 is 0 Å². The number of thiazole rings is 1. The van der Waals surface area contributed by atoms with Gasteiger partial charge in [-0.2, -0.15) is 24.9 Å². The number of nitrogens with zero attached hydrogens (tertiary/aromatic N) is 2. The van der Waals surface area contributed by atoms with E-state index in [4.69, 9.17) is 0 Å². The number of thioether (sulfide) groups is 1. The average molecular weight is 480 g/mol. The fourth-order valence-corrected chi connectivity index (χ4v) is 3.82. The molecule has 10 heteroatoms. The molecule has 2 N–H and O–H groups in total. The Morgan fingerprint density at radius 2 is 2.26 bits per heavy atom. The minimum Gasteiger partial charge on any atom is -0.357 e. The molecule has 0 aromatic carbocycles. The highest BCUT2D eigenvalue weighted by atomic mass is 127. The Hall–Kier alpha value is -0.230. The molecule has 1 atom stereocenters. The summed E-state index contributed by atoms with van der Waals surface area (Å²) in [6.07, 6.45) is -2.13. The first-order valence-electron chi connectivity index (χ1n) is 7.13. The molecule has 0 radical (unpaired) electrons. The molecule has 0 saturated carbocycles. The maximum absolute atomic E-state index is 12.5. The van der Waals surface area contributed by atoms with Gasteiger partial charge in [-0.1, -0.05) is 0 Å². The lowest BCUT2D eigenvalue weighted by molar-refractivity contribution is -0.140. The molecule has 1 aliphatic heterocycles. The van der Waals surface area contributed by atoms with Crippen LogP contribution in [0.15, 0.2) is 10.4 Å². The second kappa shape index (κ2) is 9.92. The number of alkyl halides is 3. The maximum Gasteiger partial charge on any atom is 0.434 e. The van der Waals surface area contributed by atoms with E-state index in [1.165, 1.54) is 12.2 Å². The third-order valence-electron chi connectivity index (χ3n) is 3.06. The number of hydrogen-bond donors (Lipinski definition) is 2. The molecule has 1 aromatic rings. The Morgan fingerprint density at radius 1 is 1.48 bits per heavy atom. The average Bonchev–Trinajstić information content (AvgIpc) is 2.95. The van der Waals surface area contributed by atoms with Crippen molar-refractivity contribution in [3.05, 3.63) is 16.1 Å². The molecule has 2 rings (SSSR count). The zero-order chi connectivity index (χ0) is 16.0. The van der Waals surface area contributed by atoms with E-state index < -0.39 is 11.9 Å². The molecule has 1 saturated heterocycles. The summed E-state index contributed by atoms with van der Waals surface area (Å²) in [6.45, 7) is 2.81. The van der Waals surface area contributed by atoms with Crippen LogP contribution in [-0.2, 0) is 12.7 Å². The van der Waals surface area contributed by atoms with Gasteiger partial charge in [0.15, 0.2) is 11.7 Å². The van der Waals surface area contributed by atoms with Crippen molar-refractivity contribution >= 4 is 53.0 Å². The Bertz CT molecular complexity index is 502. The standard InChI is InChI=1S/C13H19F3N4S2.HI/c1-2-17-12(19-9-4-3-5-21-7-9)18-6-11-20-10(8-22-11)13(14,15)16;/h8-9H,2-7H2,1H3,(H2,17,18,19);1H. The van der Waals surface area contributed by atoms with Crippen molar-refractivity contribution in [3.63, 3.8) is 0 Å². The summed E-state index contributed by atoms with van der Waals surface area (Å²) < 4.78 is 37.5. The summed E-state index contributed by atoms with van der Waals surface area (Å²) in [5.74, 6) is 2.85. The van der Waals surface area contributed by atoms with Gasteiger partial charge in [0.2, 0.25) is 0 Å². The molecule has 2 heterocycles. The van der Waals surface area contributed by atoms with Crippen LogP contribution in [0, 0.1) is 0 Å². The molecule has 1 fully saturated rings. The molecule has 23 heavy (non-hydrogen) atoms. The molecule has 4 nitrogen and oxygen atoms in total. The molecule has 0 bridgehead atoms. The number of aromatic nitrogens is 1. The third kappa shape index (κ3) is 7.04. The van der Waals surface area contributed by atoms with Gasteiger partial charge in [0.25, 0.3) is 0 Å². The highest BCUT2D eigenvalue weighted by Crippen LogP contribution is 2.30. The van der Waals surface area contributed by atoms with Gasteiger partial charge in [-0.05, 0) is 25.5 Å². The fourth-order valence-electron chi connectivity index (χ4n) is 2.03. The Labute approximate surface area is 159 Å². The molecular weight excluding hydrogens is 460 g/mol. The Balaban J connectivity index is 0.00000264. The van der Waals surface area contributed by atoms with Gasteiger partial charge in [0.1, 0.15) is 5.01 Å². The van der Waals surface area contributed by atoms with E-state index in [0.717, 1.165) is 28.9 Å². The highest BCUT2D eigenvalue weighted by molar-refractivity contribution is 14.0. The molecule has 1 aromatic heterocycles. The van der Waals surface area contributed by atoms with Crippen LogP contribution in [0.5, 0.6) is 0 Å². The van der Waals surface area contributed by atoms with Crippen molar-refractivity contribution in [3.8, 4) is 0 Å². The van der Waals surface area contributed by atoms with Crippen molar-refractivity contribution in [2.24, 2.45) is 4.99 Å². The van der Waals surface area contributed by atoms with E-state index in [0.29, 0.717) is 23.6 Å². The SMILES string of the molecule is CCNC(=NCc1nc(C(F)(F)F)cs1)NC1CCCSC1.I. The molecule has 1 unspecified atom stereocenters. The zero-order valence-electron chi connectivity index (χ0n) is 12.7. The Morgan fingerprint density at radius 3 is 2.83 bits per heavy atom. The molecule has 0 amide bonds. The topological polar surface area (TPSA) is 49.3 Å². The lowest BCUT2D eigenvalue weighted by Gasteiger charge is -2.24. The number of guanidine groups is 1. The number of nitrogens with one attached hydrogen (secondary N) is 2. The van der Waals surface area contributed by atoms with Crippen LogP contribution < -0.4 is 10.6 Å². The normalized spacial score (nSPS) is 19.1. The lowest BCUT2D eigenvalue weighted by Crippen LogP contribution is -2.45. The fraction of sp³-hybridized carbons (Fsp3) is 0.692. The van der Waals surface area contributed by atoms with Crippen molar-refractivity contribution in [2.75, 3.05) is 18.1 Å². The summed E-state index contributed by atoms with van der Waals surface area (Å²) in [7, 11) is 0. The predicted octanol–water partition coefficient (Wildman–Crippen LogP) is 3.73. The zero-order valence-corrected chi connectivity index (χ0v) is 16.6. The van der Waals surface area contributed by atoms with Crippen LogP contribution in [0.25, 0.3) is 0 Å². The van der Waals surface area contributed by atoms with Crippen LogP contribution in [0.4, 0.5) is 13.2 Å². The summed E-state index contributed by atoms with van der Waals surface area (Å²) in [5, 5.41) is 7.85. The van der Waals surface area contributed by atoms with Crippen molar-refractivity contribution in [1.82, 2.24) is 15.6 Å². The highest BCUT2D eigenvalue weighted by Gasteiger charge is 2.33. The van der Waals surface area contributed by atoms with Crippen molar-refractivity contribution < 1.29 is 13.2 Å². The van der Waals surface area contributed by atoms with Crippen LogP contribution in [0.1, 0.15) is 30.5 Å². The lowest BCUT2D eigenvalue weighted by atomic mass is 10.2. The molecule has 0 aliphatic carbocycles. The molecule has 0 spiro atoms. The van der Waals surface area contributed by atoms with Crippen LogP contribution >= 0.6 is 47.1 Å². The van der Waals surface area contributed by atoms with Gasteiger partial charge in [-0.25, -0.2) is 9.98 Å². The first-order valence-corrected chi connectivity index (χ1v) is 9.16. The van der Waals surface area contributed by atoms with E-state index in [1.54, 1.807) is 0 Å². The van der Waals surface area contributed by atoms with Crippen molar-refractivity contribution in [2.45, 2.75) is 38.5 Å². The predicted molar refractivity (Wildman–Crippen MR) is 101 cm³/mol. The monoisotopic (exact) mass is 480 g/mol. The molecular formula is C13H20F3IN4S2. The van der Waals surface area contributed by atoms with Crippen LogP contribution in [0.2, 0.25) is 0 Å². The summed E-state index contributed by atoms with van der Waals surface area (Å²) in [5.41, 5.74) is -0.843. The number of aliphatic imine (C=N–C) groups is 1. The summed E-state index contributed by atoms with van der Waals surface area (Å²) in [6, 6.07) is 0.360. The van der Waals surface area contributed by atoms with E-state index in [2.05, 4.69) is 20.6 Å². The molecule has 1 aliphatic rings. The van der Waals surface area contributed by atoms with E-state index in [9.17, 15) is 13.2 Å². The summed E-state index contributed by atoms with van der Waals surface area (Å²) in [4.78, 5) is 7.93. The second-order valence-corrected chi connectivity index (χ2v) is 6.97. The number of hydrogen-bond acceptors (Lipinski definition) is 4. The number of rotatable bonds is 4. The van der Waals surface area contributed by atoms with Gasteiger partial charge in [0, 0.05) is 23.7 Å². The first-order chi connectivity index (χ1) is 10.5. The van der Waals surface area contributed by atoms with Gasteiger partial charge in [-0.15, -0.1) is 35.3 Å². The Kier molecular flexibility index (Phi) is 8.98. The van der Waals surface area contributed by atoms with Crippen LogP contribution in [0.3, 0.4) is 0 Å². The first kappa shape index (κ1) is 20.8. The van der Waals surface area contributed by atoms with E-state index in [-0.39, 0.29) is 30.5 Å². The van der Waals surface area contributed by atoms with Gasteiger partial charge < -0.3 is 10.6 Å². The number of halogens is 4. The third-order valence-corrected chi connectivity index (χ3v) is 5.11. The van der Waals surface area contributed by atoms with Gasteiger partial charge >= 0.3 is 6.18 Å². The minimum absolute atomic E-state index is 0. The van der Waals surface area contributed by atoms with Gasteiger partial charge in [-0.3, -0.25) is 0 Å². The maximum atomic E-state index is 12.5. The second-order valence-electron chi connectivity index (χ2n) is 4.88. The van der Waals surface area contributed by atoms with Gasteiger partial charge in [0.05, 0.1) is 6.54 Å². The van der Waals surface area contributed by atoms with E-state index in [1.807, 2.05) is 18.7 Å². The van der Waals surface area contributed by atoms with Crippen LogP contribution in [-0.4, -0.2) is 35.0 Å². The minimum atomic E-state index is -4.39. The quantitative estimate of drug-likeness (QED) is 0.392.